The van der Waals surface area contributed by atoms with Gasteiger partial charge in [0, 0.05) is 19.1 Å². The highest BCUT2D eigenvalue weighted by Crippen LogP contribution is 2.26. The van der Waals surface area contributed by atoms with Crippen LogP contribution in [0.15, 0.2) is 54.6 Å². The van der Waals surface area contributed by atoms with Gasteiger partial charge in [-0.05, 0) is 36.8 Å². The first-order valence-corrected chi connectivity index (χ1v) is 9.67. The number of benzene rings is 2. The minimum atomic E-state index is 0.125. The van der Waals surface area contributed by atoms with E-state index in [1.165, 1.54) is 5.56 Å². The van der Waals surface area contributed by atoms with Crippen molar-refractivity contribution in [3.05, 3.63) is 60.2 Å². The molecular formula is C21H27N3O2S. The predicted octanol–water partition coefficient (Wildman–Crippen LogP) is 3.44. The van der Waals surface area contributed by atoms with Gasteiger partial charge in [0.1, 0.15) is 5.75 Å². The van der Waals surface area contributed by atoms with Crippen LogP contribution in [0.3, 0.4) is 0 Å². The number of para-hydroxylation sites is 2. The number of nitrogens with one attached hydrogen (secondary N) is 2. The topological polar surface area (TPSA) is 45.8 Å². The Bertz CT molecular complexity index is 735. The Labute approximate surface area is 166 Å². The van der Waals surface area contributed by atoms with Crippen LogP contribution in [0.4, 0.5) is 5.69 Å². The zero-order valence-electron chi connectivity index (χ0n) is 15.9. The molecule has 0 unspecified atom stereocenters. The van der Waals surface area contributed by atoms with Gasteiger partial charge in [-0.25, -0.2) is 0 Å². The molecule has 0 radical (unpaired) electrons. The molecule has 0 spiro atoms. The summed E-state index contributed by atoms with van der Waals surface area (Å²) in [5.41, 5.74) is 2.13. The molecule has 1 saturated heterocycles. The fraction of sp³-hybridized carbons (Fsp3) is 0.381. The monoisotopic (exact) mass is 385 g/mol. The molecule has 1 fully saturated rings. The quantitative estimate of drug-likeness (QED) is 0.743. The van der Waals surface area contributed by atoms with Crippen LogP contribution in [0.25, 0.3) is 0 Å². The van der Waals surface area contributed by atoms with E-state index in [1.54, 1.807) is 7.11 Å². The van der Waals surface area contributed by atoms with Gasteiger partial charge >= 0.3 is 0 Å². The molecule has 0 aromatic heterocycles. The van der Waals surface area contributed by atoms with Crippen LogP contribution in [-0.2, 0) is 4.74 Å². The summed E-state index contributed by atoms with van der Waals surface area (Å²) in [5.74, 6) is 0.766. The van der Waals surface area contributed by atoms with E-state index in [-0.39, 0.29) is 12.1 Å². The SMILES string of the molecule is COc1ccccc1NC(=S)N[C@H](C)[C@H](c1ccccc1)N1CCOCC1. The Kier molecular flexibility index (Phi) is 7.04. The fourth-order valence-corrected chi connectivity index (χ4v) is 3.81. The minimum Gasteiger partial charge on any atom is -0.495 e. The van der Waals surface area contributed by atoms with E-state index >= 15 is 0 Å². The molecule has 2 N–H and O–H groups in total. The van der Waals surface area contributed by atoms with Gasteiger partial charge in [0.25, 0.3) is 0 Å². The van der Waals surface area contributed by atoms with Crippen molar-refractivity contribution in [3.8, 4) is 5.75 Å². The zero-order chi connectivity index (χ0) is 19.1. The molecule has 5 nitrogen and oxygen atoms in total. The molecule has 6 heteroatoms. The van der Waals surface area contributed by atoms with Crippen LogP contribution in [0.2, 0.25) is 0 Å². The van der Waals surface area contributed by atoms with Crippen LogP contribution < -0.4 is 15.4 Å². The lowest BCUT2D eigenvalue weighted by atomic mass is 9.98. The molecule has 0 bridgehead atoms. The van der Waals surface area contributed by atoms with Crippen molar-refractivity contribution in [3.63, 3.8) is 0 Å². The minimum absolute atomic E-state index is 0.125. The molecule has 1 aliphatic heterocycles. The standard InChI is InChI=1S/C21H27N3O2S/c1-16(22-21(27)23-18-10-6-7-11-19(18)25-2)20(17-8-4-3-5-9-17)24-12-14-26-15-13-24/h3-11,16,20H,12-15H2,1-2H3,(H2,22,23,27)/t16-,20-/m1/s1. The average molecular weight is 386 g/mol. The van der Waals surface area contributed by atoms with E-state index in [0.717, 1.165) is 37.7 Å². The van der Waals surface area contributed by atoms with Crippen molar-refractivity contribution in [1.29, 1.82) is 0 Å². The summed E-state index contributed by atoms with van der Waals surface area (Å²) in [6.45, 7) is 5.53. The van der Waals surface area contributed by atoms with E-state index in [0.29, 0.717) is 5.11 Å². The highest BCUT2D eigenvalue weighted by atomic mass is 32.1. The van der Waals surface area contributed by atoms with Crippen LogP contribution >= 0.6 is 12.2 Å². The van der Waals surface area contributed by atoms with Crippen molar-refractivity contribution in [2.45, 2.75) is 19.0 Å². The number of ether oxygens (including phenoxy) is 2. The summed E-state index contributed by atoms with van der Waals surface area (Å²) in [4.78, 5) is 2.46. The van der Waals surface area contributed by atoms with Gasteiger partial charge in [-0.1, -0.05) is 42.5 Å². The normalized spacial score (nSPS) is 17.0. The summed E-state index contributed by atoms with van der Waals surface area (Å²) in [7, 11) is 1.66. The summed E-state index contributed by atoms with van der Waals surface area (Å²) >= 11 is 5.57. The number of anilines is 1. The Morgan fingerprint density at radius 3 is 2.44 bits per heavy atom. The highest BCUT2D eigenvalue weighted by Gasteiger charge is 2.28. The van der Waals surface area contributed by atoms with Gasteiger partial charge in [-0.2, -0.15) is 0 Å². The maximum Gasteiger partial charge on any atom is 0.171 e. The number of morpholine rings is 1. The van der Waals surface area contributed by atoms with Crippen LogP contribution in [0, 0.1) is 0 Å². The van der Waals surface area contributed by atoms with Crippen molar-refractivity contribution >= 4 is 23.0 Å². The molecule has 0 aliphatic carbocycles. The summed E-state index contributed by atoms with van der Waals surface area (Å²) in [5, 5.41) is 7.30. The largest absolute Gasteiger partial charge is 0.495 e. The molecule has 2 aromatic carbocycles. The molecule has 0 amide bonds. The molecule has 1 aliphatic rings. The van der Waals surface area contributed by atoms with Gasteiger partial charge < -0.3 is 20.1 Å². The first-order valence-electron chi connectivity index (χ1n) is 9.26. The second-order valence-electron chi connectivity index (χ2n) is 6.59. The lowest BCUT2D eigenvalue weighted by molar-refractivity contribution is 0.0102. The molecule has 2 aromatic rings. The Morgan fingerprint density at radius 1 is 1.07 bits per heavy atom. The number of methoxy groups -OCH3 is 1. The number of rotatable bonds is 6. The summed E-state index contributed by atoms with van der Waals surface area (Å²) in [6.07, 6.45) is 0. The van der Waals surface area contributed by atoms with Crippen molar-refractivity contribution < 1.29 is 9.47 Å². The van der Waals surface area contributed by atoms with Crippen molar-refractivity contribution in [2.24, 2.45) is 0 Å². The van der Waals surface area contributed by atoms with Gasteiger partial charge in [0.05, 0.1) is 32.1 Å². The van der Waals surface area contributed by atoms with E-state index in [9.17, 15) is 0 Å². The molecular weight excluding hydrogens is 358 g/mol. The third kappa shape index (κ3) is 5.19. The second kappa shape index (κ2) is 9.69. The Morgan fingerprint density at radius 2 is 1.74 bits per heavy atom. The average Bonchev–Trinajstić information content (AvgIpc) is 2.70. The first kappa shape index (κ1) is 19.6. The number of thiocarbonyl (C=S) groups is 1. The second-order valence-corrected chi connectivity index (χ2v) is 7.00. The number of hydrogen-bond donors (Lipinski definition) is 2. The third-order valence-corrected chi connectivity index (χ3v) is 4.99. The molecule has 0 saturated carbocycles. The van der Waals surface area contributed by atoms with Crippen LogP contribution in [-0.4, -0.2) is 49.5 Å². The van der Waals surface area contributed by atoms with Gasteiger partial charge in [0.15, 0.2) is 5.11 Å². The van der Waals surface area contributed by atoms with E-state index in [4.69, 9.17) is 21.7 Å². The Balaban J connectivity index is 1.71. The van der Waals surface area contributed by atoms with Crippen molar-refractivity contribution in [2.75, 3.05) is 38.7 Å². The molecule has 3 rings (SSSR count). The first-order chi connectivity index (χ1) is 13.2. The lowest BCUT2D eigenvalue weighted by Crippen LogP contribution is -2.49. The Hall–Kier alpha value is -2.15. The predicted molar refractivity (Wildman–Crippen MR) is 113 cm³/mol. The van der Waals surface area contributed by atoms with E-state index < -0.39 is 0 Å². The molecule has 144 valence electrons. The maximum absolute atomic E-state index is 5.57. The number of hydrogen-bond acceptors (Lipinski definition) is 4. The van der Waals surface area contributed by atoms with E-state index in [2.05, 4.69) is 46.7 Å². The van der Waals surface area contributed by atoms with Crippen molar-refractivity contribution in [1.82, 2.24) is 10.2 Å². The van der Waals surface area contributed by atoms with Gasteiger partial charge in [-0.15, -0.1) is 0 Å². The summed E-state index contributed by atoms with van der Waals surface area (Å²) < 4.78 is 10.9. The van der Waals surface area contributed by atoms with Crippen LogP contribution in [0.5, 0.6) is 5.75 Å². The zero-order valence-corrected chi connectivity index (χ0v) is 16.7. The van der Waals surface area contributed by atoms with Gasteiger partial charge in [-0.3, -0.25) is 4.90 Å². The van der Waals surface area contributed by atoms with Crippen LogP contribution in [0.1, 0.15) is 18.5 Å². The molecule has 2 atom stereocenters. The molecule has 1 heterocycles. The maximum atomic E-state index is 5.57. The fourth-order valence-electron chi connectivity index (χ4n) is 3.51. The molecule has 27 heavy (non-hydrogen) atoms. The smallest absolute Gasteiger partial charge is 0.171 e. The highest BCUT2D eigenvalue weighted by molar-refractivity contribution is 7.80. The van der Waals surface area contributed by atoms with Gasteiger partial charge in [0.2, 0.25) is 0 Å². The lowest BCUT2D eigenvalue weighted by Gasteiger charge is -2.38. The summed E-state index contributed by atoms with van der Waals surface area (Å²) in [6, 6.07) is 18.7. The number of nitrogens with zero attached hydrogens (tertiary/aromatic N) is 1. The third-order valence-electron chi connectivity index (χ3n) is 4.77. The van der Waals surface area contributed by atoms with E-state index in [1.807, 2.05) is 30.3 Å².